The molecule has 0 heterocycles. The number of hydrogen-bond acceptors (Lipinski definition) is 5. The van der Waals surface area contributed by atoms with Gasteiger partial charge in [0, 0.05) is 13.0 Å². The quantitative estimate of drug-likeness (QED) is 0.308. The third kappa shape index (κ3) is 7.71. The van der Waals surface area contributed by atoms with Crippen LogP contribution in [-0.2, 0) is 32.0 Å². The highest BCUT2D eigenvalue weighted by atomic mass is 16.7. The van der Waals surface area contributed by atoms with Crippen LogP contribution in [0, 0.1) is 13.8 Å². The van der Waals surface area contributed by atoms with Crippen molar-refractivity contribution in [2.75, 3.05) is 27.1 Å². The number of rotatable bonds is 12. The zero-order valence-electron chi connectivity index (χ0n) is 17.0. The lowest BCUT2D eigenvalue weighted by atomic mass is 10.0. The van der Waals surface area contributed by atoms with E-state index in [0.29, 0.717) is 32.7 Å². The van der Waals surface area contributed by atoms with Crippen LogP contribution in [-0.4, -0.2) is 33.1 Å². The number of carbonyl (C=O) groups excluding carboxylic acids is 1. The standard InChI is InChI=1S/C23H30O5/c1-18-14-21(10-11-22(24)25-3)15-19(2)23(18)28-17-27-13-7-12-26-16-20-8-5-4-6-9-20/h4-6,8-9,14-15H,7,10-13,16-17H2,1-3H3. The fourth-order valence-electron chi connectivity index (χ4n) is 2.95. The second-order valence-electron chi connectivity index (χ2n) is 6.70. The largest absolute Gasteiger partial charge is 0.469 e. The molecule has 0 N–H and O–H groups in total. The Balaban J connectivity index is 1.63. The van der Waals surface area contributed by atoms with E-state index in [9.17, 15) is 4.79 Å². The Labute approximate surface area is 167 Å². The Morgan fingerprint density at radius 1 is 0.929 bits per heavy atom. The van der Waals surface area contributed by atoms with Crippen molar-refractivity contribution in [2.45, 2.75) is 39.7 Å². The first-order valence-corrected chi connectivity index (χ1v) is 9.59. The van der Waals surface area contributed by atoms with Crippen molar-refractivity contribution in [1.29, 1.82) is 0 Å². The van der Waals surface area contributed by atoms with E-state index in [4.69, 9.17) is 18.9 Å². The summed E-state index contributed by atoms with van der Waals surface area (Å²) in [7, 11) is 1.41. The van der Waals surface area contributed by atoms with E-state index in [0.717, 1.165) is 28.9 Å². The molecule has 5 nitrogen and oxygen atoms in total. The van der Waals surface area contributed by atoms with Crippen LogP contribution in [0.15, 0.2) is 42.5 Å². The number of esters is 1. The van der Waals surface area contributed by atoms with Gasteiger partial charge >= 0.3 is 5.97 Å². The minimum Gasteiger partial charge on any atom is -0.469 e. The van der Waals surface area contributed by atoms with E-state index in [1.165, 1.54) is 12.7 Å². The zero-order chi connectivity index (χ0) is 20.2. The lowest BCUT2D eigenvalue weighted by Gasteiger charge is -2.14. The zero-order valence-corrected chi connectivity index (χ0v) is 17.0. The summed E-state index contributed by atoms with van der Waals surface area (Å²) in [5.41, 5.74) is 4.35. The maximum absolute atomic E-state index is 11.3. The van der Waals surface area contributed by atoms with Gasteiger partial charge in [0.2, 0.25) is 0 Å². The minimum absolute atomic E-state index is 0.197. The number of benzene rings is 2. The number of methoxy groups -OCH3 is 1. The summed E-state index contributed by atoms with van der Waals surface area (Å²) in [5, 5.41) is 0. The number of aryl methyl sites for hydroxylation is 3. The fourth-order valence-corrected chi connectivity index (χ4v) is 2.95. The first-order valence-electron chi connectivity index (χ1n) is 9.59. The van der Waals surface area contributed by atoms with Crippen molar-refractivity contribution in [3.05, 3.63) is 64.7 Å². The molecule has 0 aliphatic rings. The molecule has 0 aliphatic carbocycles. The number of hydrogen-bond donors (Lipinski definition) is 0. The molecule has 0 aliphatic heterocycles. The molecular formula is C23H30O5. The van der Waals surface area contributed by atoms with Crippen LogP contribution < -0.4 is 4.74 Å². The van der Waals surface area contributed by atoms with Crippen molar-refractivity contribution in [3.8, 4) is 5.75 Å². The summed E-state index contributed by atoms with van der Waals surface area (Å²) in [5.74, 6) is 0.638. The molecule has 0 atom stereocenters. The molecule has 2 rings (SSSR count). The van der Waals surface area contributed by atoms with Crippen LogP contribution in [0.4, 0.5) is 0 Å². The van der Waals surface area contributed by atoms with Crippen molar-refractivity contribution in [1.82, 2.24) is 0 Å². The molecule has 28 heavy (non-hydrogen) atoms. The maximum Gasteiger partial charge on any atom is 0.305 e. The summed E-state index contributed by atoms with van der Waals surface area (Å²) >= 11 is 0. The maximum atomic E-state index is 11.3. The third-order valence-electron chi connectivity index (χ3n) is 4.34. The second kappa shape index (κ2) is 12.2. The average Bonchev–Trinajstić information content (AvgIpc) is 2.70. The van der Waals surface area contributed by atoms with E-state index >= 15 is 0 Å². The highest BCUT2D eigenvalue weighted by Gasteiger charge is 2.08. The van der Waals surface area contributed by atoms with Gasteiger partial charge in [-0.2, -0.15) is 0 Å². The molecule has 152 valence electrons. The summed E-state index contributed by atoms with van der Waals surface area (Å²) < 4.78 is 21.7. The van der Waals surface area contributed by atoms with Gasteiger partial charge in [0.05, 0.1) is 20.3 Å². The van der Waals surface area contributed by atoms with Crippen molar-refractivity contribution >= 4 is 5.97 Å². The van der Waals surface area contributed by atoms with Crippen LogP contribution in [0.2, 0.25) is 0 Å². The molecule has 5 heteroatoms. The number of ether oxygens (including phenoxy) is 4. The van der Waals surface area contributed by atoms with Gasteiger partial charge in [-0.25, -0.2) is 0 Å². The van der Waals surface area contributed by atoms with E-state index < -0.39 is 0 Å². The van der Waals surface area contributed by atoms with Gasteiger partial charge in [0.1, 0.15) is 5.75 Å². The van der Waals surface area contributed by atoms with Crippen LogP contribution in [0.5, 0.6) is 5.75 Å². The predicted octanol–water partition coefficient (Wildman–Crippen LogP) is 4.37. The van der Waals surface area contributed by atoms with Gasteiger partial charge in [-0.05, 0) is 48.9 Å². The van der Waals surface area contributed by atoms with Crippen molar-refractivity contribution < 1.29 is 23.7 Å². The number of carbonyl (C=O) groups is 1. The monoisotopic (exact) mass is 386 g/mol. The van der Waals surface area contributed by atoms with E-state index in [-0.39, 0.29) is 12.8 Å². The van der Waals surface area contributed by atoms with Gasteiger partial charge in [-0.1, -0.05) is 42.5 Å². The van der Waals surface area contributed by atoms with E-state index in [2.05, 4.69) is 12.1 Å². The van der Waals surface area contributed by atoms with Crippen LogP contribution in [0.3, 0.4) is 0 Å². The molecule has 0 fully saturated rings. The molecule has 2 aromatic carbocycles. The van der Waals surface area contributed by atoms with Gasteiger partial charge in [0.15, 0.2) is 6.79 Å². The van der Waals surface area contributed by atoms with Crippen LogP contribution >= 0.6 is 0 Å². The highest BCUT2D eigenvalue weighted by Crippen LogP contribution is 2.25. The van der Waals surface area contributed by atoms with Crippen molar-refractivity contribution in [2.24, 2.45) is 0 Å². The highest BCUT2D eigenvalue weighted by molar-refractivity contribution is 5.69. The summed E-state index contributed by atoms with van der Waals surface area (Å²) in [4.78, 5) is 11.3. The summed E-state index contributed by atoms with van der Waals surface area (Å²) in [6.45, 7) is 6.08. The van der Waals surface area contributed by atoms with Crippen LogP contribution in [0.1, 0.15) is 35.1 Å². The molecule has 2 aromatic rings. The Kier molecular flexibility index (Phi) is 9.52. The normalized spacial score (nSPS) is 10.7. The first kappa shape index (κ1) is 21.9. The Bertz CT molecular complexity index is 704. The topological polar surface area (TPSA) is 54.0 Å². The molecule has 0 aromatic heterocycles. The smallest absolute Gasteiger partial charge is 0.305 e. The van der Waals surface area contributed by atoms with E-state index in [1.807, 2.05) is 44.2 Å². The lowest BCUT2D eigenvalue weighted by molar-refractivity contribution is -0.140. The van der Waals surface area contributed by atoms with Crippen LogP contribution in [0.25, 0.3) is 0 Å². The second-order valence-corrected chi connectivity index (χ2v) is 6.70. The Morgan fingerprint density at radius 3 is 2.29 bits per heavy atom. The SMILES string of the molecule is COC(=O)CCc1cc(C)c(OCOCCCOCc2ccccc2)c(C)c1. The summed E-state index contributed by atoms with van der Waals surface area (Å²) in [6, 6.07) is 14.2. The Morgan fingerprint density at radius 2 is 1.61 bits per heavy atom. The summed E-state index contributed by atoms with van der Waals surface area (Å²) in [6.07, 6.45) is 1.86. The van der Waals surface area contributed by atoms with E-state index in [1.54, 1.807) is 0 Å². The first-order chi connectivity index (χ1) is 13.6. The minimum atomic E-state index is -0.197. The molecule has 0 bridgehead atoms. The van der Waals surface area contributed by atoms with Gasteiger partial charge in [0.25, 0.3) is 0 Å². The third-order valence-corrected chi connectivity index (χ3v) is 4.34. The molecule has 0 saturated carbocycles. The Hall–Kier alpha value is -2.37. The predicted molar refractivity (Wildman–Crippen MR) is 108 cm³/mol. The molecule has 0 spiro atoms. The molecule has 0 unspecified atom stereocenters. The van der Waals surface area contributed by atoms with Gasteiger partial charge in [-0.15, -0.1) is 0 Å². The van der Waals surface area contributed by atoms with Crippen molar-refractivity contribution in [3.63, 3.8) is 0 Å². The molecule has 0 radical (unpaired) electrons. The van der Waals surface area contributed by atoms with Gasteiger partial charge < -0.3 is 18.9 Å². The lowest BCUT2D eigenvalue weighted by Crippen LogP contribution is -2.08. The van der Waals surface area contributed by atoms with Gasteiger partial charge in [-0.3, -0.25) is 4.79 Å². The average molecular weight is 386 g/mol. The molecule has 0 saturated heterocycles. The fraction of sp³-hybridized carbons (Fsp3) is 0.435. The molecule has 0 amide bonds. The molecular weight excluding hydrogens is 356 g/mol.